The van der Waals surface area contributed by atoms with Crippen LogP contribution in [-0.4, -0.2) is 35.4 Å². The van der Waals surface area contributed by atoms with Crippen molar-refractivity contribution >= 4 is 23.3 Å². The summed E-state index contributed by atoms with van der Waals surface area (Å²) in [6.45, 7) is 2.04. The lowest BCUT2D eigenvalue weighted by molar-refractivity contribution is 0.812. The van der Waals surface area contributed by atoms with Crippen LogP contribution in [0.2, 0.25) is 0 Å². The summed E-state index contributed by atoms with van der Waals surface area (Å²) in [5.41, 5.74) is 7.38. The molecule has 1 aromatic heterocycles. The number of hydrogen-bond donors (Lipinski definition) is 2. The van der Waals surface area contributed by atoms with Crippen molar-refractivity contribution in [3.63, 3.8) is 0 Å². The van der Waals surface area contributed by atoms with E-state index >= 15 is 0 Å². The van der Waals surface area contributed by atoms with Crippen molar-refractivity contribution < 1.29 is 0 Å². The highest BCUT2D eigenvalue weighted by atomic mass is 32.2. The van der Waals surface area contributed by atoms with Crippen molar-refractivity contribution in [2.45, 2.75) is 6.42 Å². The van der Waals surface area contributed by atoms with Gasteiger partial charge in [0.05, 0.1) is 11.9 Å². The Balaban J connectivity index is 2.27. The molecule has 2 heterocycles. The van der Waals surface area contributed by atoms with Crippen molar-refractivity contribution in [3.8, 4) is 0 Å². The molecule has 1 saturated heterocycles. The number of anilines is 1. The molecule has 0 radical (unpaired) electrons. The molecule has 0 spiro atoms. The number of hydrogen-bond acceptors (Lipinski definition) is 4. The second-order valence-electron chi connectivity index (χ2n) is 3.76. The van der Waals surface area contributed by atoms with Gasteiger partial charge in [0, 0.05) is 30.6 Å². The van der Waals surface area contributed by atoms with E-state index in [1.165, 1.54) is 12.2 Å². The standard InChI is InChI=1S/C11H16N4S/c12-11(13)9-2-3-14-8-10(9)15-4-1-6-16-7-5-15/h2-3,8H,1,4-7H2,(H3,12,13). The molecular weight excluding hydrogens is 220 g/mol. The third-order valence-electron chi connectivity index (χ3n) is 2.65. The molecule has 0 aliphatic carbocycles. The minimum atomic E-state index is 0.120. The normalized spacial score (nSPS) is 16.9. The molecule has 5 heteroatoms. The molecule has 1 aliphatic rings. The van der Waals surface area contributed by atoms with Crippen LogP contribution < -0.4 is 10.6 Å². The summed E-state index contributed by atoms with van der Waals surface area (Å²) in [5.74, 6) is 2.47. The Bertz CT molecular complexity index is 372. The van der Waals surface area contributed by atoms with E-state index in [1.54, 1.807) is 6.20 Å². The summed E-state index contributed by atoms with van der Waals surface area (Å²) in [5, 5.41) is 7.57. The van der Waals surface area contributed by atoms with Gasteiger partial charge >= 0.3 is 0 Å². The second kappa shape index (κ2) is 5.21. The van der Waals surface area contributed by atoms with Crippen molar-refractivity contribution in [1.82, 2.24) is 4.98 Å². The average Bonchev–Trinajstić information content (AvgIpc) is 2.57. The molecule has 3 N–H and O–H groups in total. The Morgan fingerprint density at radius 3 is 3.12 bits per heavy atom. The van der Waals surface area contributed by atoms with Crippen LogP contribution in [0.25, 0.3) is 0 Å². The zero-order chi connectivity index (χ0) is 11.4. The fourth-order valence-corrected chi connectivity index (χ4v) is 2.74. The maximum absolute atomic E-state index is 7.57. The number of nitrogen functional groups attached to an aromatic ring is 1. The van der Waals surface area contributed by atoms with Crippen LogP contribution in [0.4, 0.5) is 5.69 Å². The van der Waals surface area contributed by atoms with Crippen LogP contribution >= 0.6 is 11.8 Å². The van der Waals surface area contributed by atoms with Crippen LogP contribution in [0.1, 0.15) is 12.0 Å². The molecule has 0 aromatic carbocycles. The maximum Gasteiger partial charge on any atom is 0.125 e. The van der Waals surface area contributed by atoms with Crippen LogP contribution in [0.3, 0.4) is 0 Å². The highest BCUT2D eigenvalue weighted by Gasteiger charge is 2.14. The number of aromatic nitrogens is 1. The summed E-state index contributed by atoms with van der Waals surface area (Å²) in [4.78, 5) is 6.41. The van der Waals surface area contributed by atoms with E-state index in [0.29, 0.717) is 0 Å². The summed E-state index contributed by atoms with van der Waals surface area (Å²) >= 11 is 1.98. The fraction of sp³-hybridized carbons (Fsp3) is 0.455. The molecule has 2 rings (SSSR count). The Morgan fingerprint density at radius 2 is 2.31 bits per heavy atom. The van der Waals surface area contributed by atoms with E-state index in [1.807, 2.05) is 24.0 Å². The van der Waals surface area contributed by atoms with E-state index < -0.39 is 0 Å². The van der Waals surface area contributed by atoms with Crippen LogP contribution in [0.5, 0.6) is 0 Å². The molecule has 86 valence electrons. The lowest BCUT2D eigenvalue weighted by Gasteiger charge is -2.24. The topological polar surface area (TPSA) is 66.0 Å². The SMILES string of the molecule is N=C(N)c1ccncc1N1CCCSCC1. The smallest absolute Gasteiger partial charge is 0.125 e. The number of rotatable bonds is 2. The predicted molar refractivity (Wildman–Crippen MR) is 69.4 cm³/mol. The summed E-state index contributed by atoms with van der Waals surface area (Å²) in [7, 11) is 0. The minimum Gasteiger partial charge on any atom is -0.384 e. The first kappa shape index (κ1) is 11.3. The highest BCUT2D eigenvalue weighted by molar-refractivity contribution is 7.99. The number of nitrogens with one attached hydrogen (secondary N) is 1. The molecule has 4 nitrogen and oxygen atoms in total. The van der Waals surface area contributed by atoms with Gasteiger partial charge in [-0.15, -0.1) is 0 Å². The largest absolute Gasteiger partial charge is 0.384 e. The van der Waals surface area contributed by atoms with Gasteiger partial charge in [0.1, 0.15) is 5.84 Å². The van der Waals surface area contributed by atoms with E-state index in [4.69, 9.17) is 11.1 Å². The second-order valence-corrected chi connectivity index (χ2v) is 4.98. The molecule has 0 amide bonds. The lowest BCUT2D eigenvalue weighted by atomic mass is 10.2. The summed E-state index contributed by atoms with van der Waals surface area (Å²) in [6.07, 6.45) is 4.68. The van der Waals surface area contributed by atoms with Gasteiger partial charge in [-0.3, -0.25) is 10.4 Å². The van der Waals surface area contributed by atoms with Gasteiger partial charge < -0.3 is 10.6 Å². The Morgan fingerprint density at radius 1 is 1.44 bits per heavy atom. The van der Waals surface area contributed by atoms with E-state index in [-0.39, 0.29) is 5.84 Å². The molecule has 1 aliphatic heterocycles. The van der Waals surface area contributed by atoms with Crippen LogP contribution in [0, 0.1) is 5.41 Å². The fourth-order valence-electron chi connectivity index (χ4n) is 1.85. The van der Waals surface area contributed by atoms with Crippen molar-refractivity contribution in [1.29, 1.82) is 5.41 Å². The van der Waals surface area contributed by atoms with Gasteiger partial charge in [-0.2, -0.15) is 11.8 Å². The van der Waals surface area contributed by atoms with E-state index in [9.17, 15) is 0 Å². The average molecular weight is 236 g/mol. The van der Waals surface area contributed by atoms with Crippen molar-refractivity contribution in [2.24, 2.45) is 5.73 Å². The lowest BCUT2D eigenvalue weighted by Crippen LogP contribution is -2.28. The first-order valence-corrected chi connectivity index (χ1v) is 6.55. The van der Waals surface area contributed by atoms with Gasteiger partial charge in [0.15, 0.2) is 0 Å². The predicted octanol–water partition coefficient (Wildman–Crippen LogP) is 1.31. The number of pyridine rings is 1. The molecule has 1 fully saturated rings. The third-order valence-corrected chi connectivity index (χ3v) is 3.70. The first-order chi connectivity index (χ1) is 7.79. The number of thioether (sulfide) groups is 1. The Hall–Kier alpha value is -1.23. The maximum atomic E-state index is 7.57. The summed E-state index contributed by atoms with van der Waals surface area (Å²) < 4.78 is 0. The molecule has 1 aromatic rings. The zero-order valence-electron chi connectivity index (χ0n) is 9.15. The third kappa shape index (κ3) is 2.47. The van der Waals surface area contributed by atoms with Gasteiger partial charge in [-0.1, -0.05) is 0 Å². The molecule has 0 bridgehead atoms. The number of nitrogens with zero attached hydrogens (tertiary/aromatic N) is 2. The van der Waals surface area contributed by atoms with Crippen LogP contribution in [-0.2, 0) is 0 Å². The molecule has 0 saturated carbocycles. The van der Waals surface area contributed by atoms with Crippen LogP contribution in [0.15, 0.2) is 18.5 Å². The van der Waals surface area contributed by atoms with E-state index in [0.717, 1.165) is 30.1 Å². The number of amidine groups is 1. The Kier molecular flexibility index (Phi) is 3.66. The molecular formula is C11H16N4S. The van der Waals surface area contributed by atoms with Crippen molar-refractivity contribution in [3.05, 3.63) is 24.0 Å². The van der Waals surface area contributed by atoms with Gasteiger partial charge in [-0.25, -0.2) is 0 Å². The minimum absolute atomic E-state index is 0.120. The molecule has 0 atom stereocenters. The highest BCUT2D eigenvalue weighted by Crippen LogP contribution is 2.21. The van der Waals surface area contributed by atoms with Gasteiger partial charge in [0.25, 0.3) is 0 Å². The first-order valence-electron chi connectivity index (χ1n) is 5.40. The summed E-state index contributed by atoms with van der Waals surface area (Å²) in [6, 6.07) is 1.82. The van der Waals surface area contributed by atoms with E-state index in [2.05, 4.69) is 9.88 Å². The number of nitrogens with two attached hydrogens (primary N) is 1. The monoisotopic (exact) mass is 236 g/mol. The molecule has 16 heavy (non-hydrogen) atoms. The quantitative estimate of drug-likeness (QED) is 0.600. The molecule has 0 unspecified atom stereocenters. The Labute approximate surface area is 99.7 Å². The van der Waals surface area contributed by atoms with Gasteiger partial charge in [-0.05, 0) is 18.2 Å². The van der Waals surface area contributed by atoms with Crippen molar-refractivity contribution in [2.75, 3.05) is 29.5 Å². The van der Waals surface area contributed by atoms with Gasteiger partial charge in [0.2, 0.25) is 0 Å². The zero-order valence-corrected chi connectivity index (χ0v) is 9.96.